The molecule has 1 aromatic rings. The zero-order valence-corrected chi connectivity index (χ0v) is 14.3. The van der Waals surface area contributed by atoms with Crippen LogP contribution in [0.3, 0.4) is 0 Å². The largest absolute Gasteiger partial charge is 0.379 e. The summed E-state index contributed by atoms with van der Waals surface area (Å²) in [5, 5.41) is 7.40. The second-order valence-corrected chi connectivity index (χ2v) is 7.09. The average molecular weight is 317 g/mol. The van der Waals surface area contributed by atoms with E-state index in [1.54, 1.807) is 0 Å². The van der Waals surface area contributed by atoms with Gasteiger partial charge in [0.25, 0.3) is 0 Å². The number of nitrogens with zero attached hydrogens (tertiary/aromatic N) is 1. The van der Waals surface area contributed by atoms with E-state index in [1.165, 1.54) is 24.9 Å². The number of ether oxygens (including phenoxy) is 1. The van der Waals surface area contributed by atoms with Crippen LogP contribution >= 0.6 is 0 Å². The number of nitrogens with one attached hydrogen (secondary N) is 2. The van der Waals surface area contributed by atoms with Crippen LogP contribution in [0.4, 0.5) is 0 Å². The van der Waals surface area contributed by atoms with Gasteiger partial charge in [0.1, 0.15) is 0 Å². The molecule has 3 atom stereocenters. The summed E-state index contributed by atoms with van der Waals surface area (Å²) in [6.07, 6.45) is 3.74. The first kappa shape index (κ1) is 16.9. The minimum absolute atomic E-state index is 0.510. The normalized spacial score (nSPS) is 27.7. The van der Waals surface area contributed by atoms with Crippen molar-refractivity contribution < 1.29 is 4.74 Å². The summed E-state index contributed by atoms with van der Waals surface area (Å²) in [4.78, 5) is 2.59. The fraction of sp³-hybridized carbons (Fsp3) is 0.684. The maximum Gasteiger partial charge on any atom is 0.0620 e. The van der Waals surface area contributed by atoms with Crippen molar-refractivity contribution in [1.82, 2.24) is 15.5 Å². The Balaban J connectivity index is 1.42. The van der Waals surface area contributed by atoms with Crippen LogP contribution in [-0.4, -0.2) is 55.9 Å². The van der Waals surface area contributed by atoms with Gasteiger partial charge in [-0.3, -0.25) is 4.90 Å². The summed E-state index contributed by atoms with van der Waals surface area (Å²) in [5.41, 5.74) is 1.42. The first-order valence-electron chi connectivity index (χ1n) is 9.13. The van der Waals surface area contributed by atoms with Gasteiger partial charge in [-0.1, -0.05) is 30.3 Å². The number of morpholine rings is 1. The first-order chi connectivity index (χ1) is 11.3. The minimum Gasteiger partial charge on any atom is -0.379 e. The lowest BCUT2D eigenvalue weighted by Crippen LogP contribution is -2.51. The Morgan fingerprint density at radius 2 is 2.22 bits per heavy atom. The van der Waals surface area contributed by atoms with Crippen LogP contribution in [0.5, 0.6) is 0 Å². The maximum atomic E-state index is 5.56. The van der Waals surface area contributed by atoms with Crippen molar-refractivity contribution in [2.24, 2.45) is 0 Å². The molecule has 2 heterocycles. The Labute approximate surface area is 140 Å². The summed E-state index contributed by atoms with van der Waals surface area (Å²) >= 11 is 0. The number of likely N-dealkylation sites (tertiary alicyclic amines) is 1. The molecule has 4 heteroatoms. The second kappa shape index (κ2) is 8.78. The van der Waals surface area contributed by atoms with Gasteiger partial charge in [0.15, 0.2) is 0 Å². The van der Waals surface area contributed by atoms with Crippen molar-refractivity contribution in [3.63, 3.8) is 0 Å². The van der Waals surface area contributed by atoms with Crippen molar-refractivity contribution in [3.05, 3.63) is 35.9 Å². The van der Waals surface area contributed by atoms with Crippen LogP contribution in [0.15, 0.2) is 30.3 Å². The molecule has 128 valence electrons. The molecule has 3 unspecified atom stereocenters. The lowest BCUT2D eigenvalue weighted by Gasteiger charge is -2.36. The summed E-state index contributed by atoms with van der Waals surface area (Å²) in [7, 11) is 0. The van der Waals surface area contributed by atoms with Gasteiger partial charge in [0.05, 0.1) is 13.2 Å². The Hall–Kier alpha value is -0.940. The lowest BCUT2D eigenvalue weighted by molar-refractivity contribution is 0.0697. The van der Waals surface area contributed by atoms with E-state index in [9.17, 15) is 0 Å². The monoisotopic (exact) mass is 317 g/mol. The summed E-state index contributed by atoms with van der Waals surface area (Å²) in [5.74, 6) is 0. The highest BCUT2D eigenvalue weighted by Gasteiger charge is 2.23. The number of rotatable bonds is 6. The SMILES string of the molecule is CC(CC1COCCN1)NC1CCCN(Cc2ccccc2)C1. The maximum absolute atomic E-state index is 5.56. The average Bonchev–Trinajstić information content (AvgIpc) is 2.57. The van der Waals surface area contributed by atoms with Gasteiger partial charge < -0.3 is 15.4 Å². The molecule has 23 heavy (non-hydrogen) atoms. The third-order valence-electron chi connectivity index (χ3n) is 4.91. The molecule has 0 aliphatic carbocycles. The molecule has 2 N–H and O–H groups in total. The minimum atomic E-state index is 0.510. The van der Waals surface area contributed by atoms with Crippen molar-refractivity contribution in [1.29, 1.82) is 0 Å². The Bertz CT molecular complexity index is 447. The molecule has 2 aliphatic heterocycles. The van der Waals surface area contributed by atoms with E-state index < -0.39 is 0 Å². The highest BCUT2D eigenvalue weighted by molar-refractivity contribution is 5.14. The van der Waals surface area contributed by atoms with Crippen LogP contribution in [0.1, 0.15) is 31.7 Å². The summed E-state index contributed by atoms with van der Waals surface area (Å²) < 4.78 is 5.56. The van der Waals surface area contributed by atoms with Crippen LogP contribution in [0.2, 0.25) is 0 Å². The van der Waals surface area contributed by atoms with Crippen molar-refractivity contribution in [3.8, 4) is 0 Å². The van der Waals surface area contributed by atoms with Gasteiger partial charge in [0.2, 0.25) is 0 Å². The third-order valence-corrected chi connectivity index (χ3v) is 4.91. The third kappa shape index (κ3) is 5.57. The van der Waals surface area contributed by atoms with Gasteiger partial charge in [-0.25, -0.2) is 0 Å². The summed E-state index contributed by atoms with van der Waals surface area (Å²) in [6, 6.07) is 12.5. The standard InChI is InChI=1S/C19H31N3O/c1-16(12-19-15-23-11-9-20-19)21-18-8-5-10-22(14-18)13-17-6-3-2-4-7-17/h2-4,6-7,16,18-21H,5,8-15H2,1H3. The fourth-order valence-corrected chi connectivity index (χ4v) is 3.85. The van der Waals surface area contributed by atoms with Crippen molar-refractivity contribution in [2.45, 2.75) is 50.9 Å². The van der Waals surface area contributed by atoms with Gasteiger partial charge in [-0.05, 0) is 38.3 Å². The molecule has 2 aliphatic rings. The van der Waals surface area contributed by atoms with Crippen molar-refractivity contribution >= 4 is 0 Å². The van der Waals surface area contributed by atoms with E-state index in [0.717, 1.165) is 39.3 Å². The summed E-state index contributed by atoms with van der Waals surface area (Å²) in [6.45, 7) is 8.48. The lowest BCUT2D eigenvalue weighted by atomic mass is 10.0. The second-order valence-electron chi connectivity index (χ2n) is 7.09. The van der Waals surface area contributed by atoms with Crippen LogP contribution < -0.4 is 10.6 Å². The highest BCUT2D eigenvalue weighted by atomic mass is 16.5. The van der Waals surface area contributed by atoms with Gasteiger partial charge in [0, 0.05) is 37.8 Å². The molecule has 0 radical (unpaired) electrons. The molecule has 0 saturated carbocycles. The van der Waals surface area contributed by atoms with Gasteiger partial charge in [-0.15, -0.1) is 0 Å². The predicted molar refractivity (Wildman–Crippen MR) is 94.6 cm³/mol. The molecular weight excluding hydrogens is 286 g/mol. The fourth-order valence-electron chi connectivity index (χ4n) is 3.85. The van der Waals surface area contributed by atoms with E-state index in [2.05, 4.69) is 52.8 Å². The smallest absolute Gasteiger partial charge is 0.0620 e. The molecule has 4 nitrogen and oxygen atoms in total. The zero-order chi connectivity index (χ0) is 15.9. The Kier molecular flexibility index (Phi) is 6.46. The quantitative estimate of drug-likeness (QED) is 0.841. The molecule has 3 rings (SSSR count). The van der Waals surface area contributed by atoms with Crippen LogP contribution in [0.25, 0.3) is 0 Å². The zero-order valence-electron chi connectivity index (χ0n) is 14.3. The molecular formula is C19H31N3O. The van der Waals surface area contributed by atoms with E-state index in [1.807, 2.05) is 0 Å². The number of benzene rings is 1. The van der Waals surface area contributed by atoms with Crippen molar-refractivity contribution in [2.75, 3.05) is 32.8 Å². The van der Waals surface area contributed by atoms with Crippen LogP contribution in [-0.2, 0) is 11.3 Å². The van der Waals surface area contributed by atoms with Gasteiger partial charge in [-0.2, -0.15) is 0 Å². The van der Waals surface area contributed by atoms with E-state index in [-0.39, 0.29) is 0 Å². The van der Waals surface area contributed by atoms with E-state index in [0.29, 0.717) is 18.1 Å². The van der Waals surface area contributed by atoms with E-state index >= 15 is 0 Å². The molecule has 0 amide bonds. The molecule has 2 fully saturated rings. The molecule has 2 saturated heterocycles. The highest BCUT2D eigenvalue weighted by Crippen LogP contribution is 2.15. The Morgan fingerprint density at radius 3 is 3.00 bits per heavy atom. The molecule has 0 aromatic heterocycles. The van der Waals surface area contributed by atoms with Crippen LogP contribution in [0, 0.1) is 0 Å². The molecule has 1 aromatic carbocycles. The first-order valence-corrected chi connectivity index (χ1v) is 9.13. The molecule has 0 bridgehead atoms. The van der Waals surface area contributed by atoms with E-state index in [4.69, 9.17) is 4.74 Å². The number of hydrogen-bond donors (Lipinski definition) is 2. The molecule has 0 spiro atoms. The topological polar surface area (TPSA) is 36.5 Å². The predicted octanol–water partition coefficient (Wildman–Crippen LogP) is 2.01. The number of piperidine rings is 1. The number of hydrogen-bond acceptors (Lipinski definition) is 4. The Morgan fingerprint density at radius 1 is 1.35 bits per heavy atom. The van der Waals surface area contributed by atoms with Gasteiger partial charge >= 0.3 is 0 Å².